The summed E-state index contributed by atoms with van der Waals surface area (Å²) in [5.41, 5.74) is 3.00. The average Bonchev–Trinajstić information content (AvgIpc) is 2.66. The maximum Gasteiger partial charge on any atom is 0.336 e. The van der Waals surface area contributed by atoms with Gasteiger partial charge in [-0.05, 0) is 47.7 Å². The highest BCUT2D eigenvalue weighted by Crippen LogP contribution is 2.23. The summed E-state index contributed by atoms with van der Waals surface area (Å²) in [5, 5.41) is 3.71. The van der Waals surface area contributed by atoms with Crippen molar-refractivity contribution in [1.29, 1.82) is 0 Å². The molecule has 0 fully saturated rings. The molecule has 0 bridgehead atoms. The quantitative estimate of drug-likeness (QED) is 0.594. The summed E-state index contributed by atoms with van der Waals surface area (Å²) < 4.78 is 10.9. The molecule has 5 nitrogen and oxygen atoms in total. The second kappa shape index (κ2) is 8.74. The fraction of sp³-hybridized carbons (Fsp3) is 0.304. The lowest BCUT2D eigenvalue weighted by Crippen LogP contribution is -2.20. The van der Waals surface area contributed by atoms with Crippen molar-refractivity contribution in [3.63, 3.8) is 0 Å². The molecule has 1 amide bonds. The van der Waals surface area contributed by atoms with Crippen LogP contribution in [0.25, 0.3) is 11.0 Å². The Bertz CT molecular complexity index is 1020. The first-order valence-electron chi connectivity index (χ1n) is 9.55. The second-order valence-electron chi connectivity index (χ2n) is 7.11. The van der Waals surface area contributed by atoms with Crippen LogP contribution in [-0.4, -0.2) is 12.5 Å². The summed E-state index contributed by atoms with van der Waals surface area (Å²) in [7, 11) is 0. The minimum Gasteiger partial charge on any atom is -0.484 e. The van der Waals surface area contributed by atoms with Crippen LogP contribution in [0.4, 0.5) is 5.69 Å². The van der Waals surface area contributed by atoms with Crippen LogP contribution in [-0.2, 0) is 11.2 Å². The largest absolute Gasteiger partial charge is 0.484 e. The molecule has 0 atom stereocenters. The fourth-order valence-electron chi connectivity index (χ4n) is 3.07. The minimum absolute atomic E-state index is 0.129. The third-order valence-corrected chi connectivity index (χ3v) is 4.55. The number of carbonyl (C=O) groups is 1. The van der Waals surface area contributed by atoms with Crippen molar-refractivity contribution >= 4 is 22.6 Å². The molecule has 1 heterocycles. The number of nitrogens with one attached hydrogen (secondary N) is 1. The Morgan fingerprint density at radius 2 is 1.86 bits per heavy atom. The standard InChI is InChI=1S/C23H25NO4/c1-4-5-17-12-23(26)28-21-13-19(10-11-20(17)21)27-14-22(25)24-18-8-6-16(7-9-18)15(2)3/h6-13,15H,4-5,14H2,1-3H3,(H,24,25). The molecule has 3 rings (SSSR count). The molecule has 1 aromatic heterocycles. The zero-order valence-corrected chi connectivity index (χ0v) is 16.5. The lowest BCUT2D eigenvalue weighted by atomic mass is 10.0. The Balaban J connectivity index is 1.66. The molecular weight excluding hydrogens is 354 g/mol. The second-order valence-corrected chi connectivity index (χ2v) is 7.11. The van der Waals surface area contributed by atoms with Gasteiger partial charge in [0, 0.05) is 23.2 Å². The summed E-state index contributed by atoms with van der Waals surface area (Å²) in [6.07, 6.45) is 1.75. The van der Waals surface area contributed by atoms with Crippen LogP contribution in [0.2, 0.25) is 0 Å². The van der Waals surface area contributed by atoms with Gasteiger partial charge in [0.05, 0.1) is 0 Å². The normalized spacial score (nSPS) is 11.0. The van der Waals surface area contributed by atoms with Crippen molar-refractivity contribution in [2.24, 2.45) is 0 Å². The van der Waals surface area contributed by atoms with E-state index in [0.29, 0.717) is 17.3 Å². The summed E-state index contributed by atoms with van der Waals surface area (Å²) in [5.74, 6) is 0.673. The minimum atomic E-state index is -0.379. The van der Waals surface area contributed by atoms with E-state index in [9.17, 15) is 9.59 Å². The number of benzene rings is 2. The van der Waals surface area contributed by atoms with Crippen molar-refractivity contribution in [3.8, 4) is 5.75 Å². The zero-order valence-electron chi connectivity index (χ0n) is 16.5. The molecule has 0 saturated heterocycles. The van der Waals surface area contributed by atoms with Crippen LogP contribution in [0, 0.1) is 0 Å². The molecule has 3 aromatic rings. The van der Waals surface area contributed by atoms with Gasteiger partial charge < -0.3 is 14.5 Å². The molecule has 5 heteroatoms. The monoisotopic (exact) mass is 379 g/mol. The smallest absolute Gasteiger partial charge is 0.336 e. The van der Waals surface area contributed by atoms with Gasteiger partial charge in [-0.1, -0.05) is 39.3 Å². The lowest BCUT2D eigenvalue weighted by molar-refractivity contribution is -0.118. The van der Waals surface area contributed by atoms with Gasteiger partial charge in [0.25, 0.3) is 5.91 Å². The van der Waals surface area contributed by atoms with Crippen LogP contribution in [0.1, 0.15) is 44.2 Å². The maximum atomic E-state index is 12.2. The first-order chi connectivity index (χ1) is 13.5. The Morgan fingerprint density at radius 1 is 1.11 bits per heavy atom. The van der Waals surface area contributed by atoms with E-state index in [2.05, 4.69) is 26.1 Å². The number of amides is 1. The van der Waals surface area contributed by atoms with Crippen LogP contribution >= 0.6 is 0 Å². The van der Waals surface area contributed by atoms with E-state index in [1.807, 2.05) is 30.3 Å². The van der Waals surface area contributed by atoms with Crippen LogP contribution in [0.5, 0.6) is 5.75 Å². The van der Waals surface area contributed by atoms with Gasteiger partial charge in [-0.15, -0.1) is 0 Å². The van der Waals surface area contributed by atoms with E-state index in [0.717, 1.165) is 29.5 Å². The first-order valence-corrected chi connectivity index (χ1v) is 9.55. The predicted octanol–water partition coefficient (Wildman–Crippen LogP) is 4.89. The van der Waals surface area contributed by atoms with E-state index in [1.165, 1.54) is 11.6 Å². The highest BCUT2D eigenvalue weighted by molar-refractivity contribution is 5.92. The Labute approximate surface area is 164 Å². The highest BCUT2D eigenvalue weighted by Gasteiger charge is 2.09. The van der Waals surface area contributed by atoms with E-state index >= 15 is 0 Å². The summed E-state index contributed by atoms with van der Waals surface area (Å²) in [4.78, 5) is 23.9. The number of rotatable bonds is 7. The van der Waals surface area contributed by atoms with Gasteiger partial charge in [0.1, 0.15) is 11.3 Å². The van der Waals surface area contributed by atoms with Crippen molar-refractivity contribution in [3.05, 3.63) is 70.1 Å². The molecule has 0 spiro atoms. The van der Waals surface area contributed by atoms with Crippen LogP contribution < -0.4 is 15.7 Å². The van der Waals surface area contributed by atoms with Crippen molar-refractivity contribution in [2.45, 2.75) is 39.5 Å². The zero-order chi connectivity index (χ0) is 20.1. The van der Waals surface area contributed by atoms with Gasteiger partial charge in [-0.2, -0.15) is 0 Å². The van der Waals surface area contributed by atoms with Gasteiger partial charge in [-0.3, -0.25) is 4.79 Å². The molecule has 1 N–H and O–H groups in total. The van der Waals surface area contributed by atoms with Crippen LogP contribution in [0.15, 0.2) is 57.7 Å². The molecule has 146 valence electrons. The summed E-state index contributed by atoms with van der Waals surface area (Å²) in [6.45, 7) is 6.18. The molecule has 0 aliphatic heterocycles. The summed E-state index contributed by atoms with van der Waals surface area (Å²) in [6, 6.07) is 14.6. The number of aryl methyl sites for hydroxylation is 1. The molecule has 28 heavy (non-hydrogen) atoms. The van der Waals surface area contributed by atoms with E-state index < -0.39 is 0 Å². The topological polar surface area (TPSA) is 68.5 Å². The van der Waals surface area contributed by atoms with Gasteiger partial charge in [0.2, 0.25) is 0 Å². The number of hydrogen-bond donors (Lipinski definition) is 1. The Hall–Kier alpha value is -3.08. The first kappa shape index (κ1) is 19.7. The number of ether oxygens (including phenoxy) is 1. The average molecular weight is 379 g/mol. The van der Waals surface area contributed by atoms with Crippen molar-refractivity contribution in [2.75, 3.05) is 11.9 Å². The fourth-order valence-corrected chi connectivity index (χ4v) is 3.07. The molecule has 0 radical (unpaired) electrons. The molecule has 2 aromatic carbocycles. The Morgan fingerprint density at radius 3 is 2.54 bits per heavy atom. The number of carbonyl (C=O) groups excluding carboxylic acids is 1. The number of hydrogen-bond acceptors (Lipinski definition) is 4. The molecule has 0 aliphatic carbocycles. The molecule has 0 unspecified atom stereocenters. The molecule has 0 saturated carbocycles. The third-order valence-electron chi connectivity index (χ3n) is 4.55. The van der Waals surface area contributed by atoms with Crippen LogP contribution in [0.3, 0.4) is 0 Å². The van der Waals surface area contributed by atoms with Crippen molar-refractivity contribution < 1.29 is 13.9 Å². The SMILES string of the molecule is CCCc1cc(=O)oc2cc(OCC(=O)Nc3ccc(C(C)C)cc3)ccc12. The van der Waals surface area contributed by atoms with Crippen molar-refractivity contribution in [1.82, 2.24) is 0 Å². The van der Waals surface area contributed by atoms with Gasteiger partial charge in [-0.25, -0.2) is 4.79 Å². The lowest BCUT2D eigenvalue weighted by Gasteiger charge is -2.10. The predicted molar refractivity (Wildman–Crippen MR) is 111 cm³/mol. The number of anilines is 1. The van der Waals surface area contributed by atoms with E-state index in [4.69, 9.17) is 9.15 Å². The van der Waals surface area contributed by atoms with Gasteiger partial charge >= 0.3 is 5.63 Å². The molecular formula is C23H25NO4. The number of fused-ring (bicyclic) bond motifs is 1. The summed E-state index contributed by atoms with van der Waals surface area (Å²) >= 11 is 0. The van der Waals surface area contributed by atoms with E-state index in [-0.39, 0.29) is 18.1 Å². The Kier molecular flexibility index (Phi) is 6.14. The highest BCUT2D eigenvalue weighted by atomic mass is 16.5. The maximum absolute atomic E-state index is 12.2. The third kappa shape index (κ3) is 4.80. The molecule has 0 aliphatic rings. The van der Waals surface area contributed by atoms with Gasteiger partial charge in [0.15, 0.2) is 6.61 Å². The van der Waals surface area contributed by atoms with E-state index in [1.54, 1.807) is 12.1 Å².